The molecule has 1 aliphatic rings. The highest BCUT2D eigenvalue weighted by Gasteiger charge is 2.23. The lowest BCUT2D eigenvalue weighted by Crippen LogP contribution is -2.46. The number of piperidine rings is 1. The average molecular weight is 338 g/mol. The number of rotatable bonds is 6. The number of β-amino-alcohol motifs (C(OH)–C–C–N with tert-alkyl or cyclic N) is 1. The second kappa shape index (κ2) is 8.79. The fourth-order valence-electron chi connectivity index (χ4n) is 3.32. The number of hydrogen-bond acceptors (Lipinski definition) is 3. The van der Waals surface area contributed by atoms with Gasteiger partial charge in [0, 0.05) is 26.2 Å². The number of likely N-dealkylation sites (tertiary alicyclic amines) is 1. The van der Waals surface area contributed by atoms with Crippen molar-refractivity contribution in [3.63, 3.8) is 0 Å². The van der Waals surface area contributed by atoms with E-state index in [1.54, 1.807) is 4.90 Å². The summed E-state index contributed by atoms with van der Waals surface area (Å²) in [5, 5.41) is 9.83. The van der Waals surface area contributed by atoms with Crippen LogP contribution >= 0.6 is 0 Å². The molecule has 1 fully saturated rings. The van der Waals surface area contributed by atoms with Crippen LogP contribution in [0, 0.1) is 0 Å². The van der Waals surface area contributed by atoms with Crippen molar-refractivity contribution < 1.29 is 9.90 Å². The molecule has 2 aromatic rings. The molecule has 2 aromatic carbocycles. The van der Waals surface area contributed by atoms with E-state index < -0.39 is 0 Å². The van der Waals surface area contributed by atoms with Crippen molar-refractivity contribution >= 4 is 5.91 Å². The van der Waals surface area contributed by atoms with Gasteiger partial charge in [0.2, 0.25) is 5.91 Å². The molecule has 4 nitrogen and oxygen atoms in total. The first-order valence-corrected chi connectivity index (χ1v) is 8.97. The molecule has 0 bridgehead atoms. The van der Waals surface area contributed by atoms with E-state index in [4.69, 9.17) is 0 Å². The highest BCUT2D eigenvalue weighted by Crippen LogP contribution is 2.13. The third kappa shape index (κ3) is 5.41. The van der Waals surface area contributed by atoms with Gasteiger partial charge < -0.3 is 10.0 Å². The zero-order valence-corrected chi connectivity index (χ0v) is 14.6. The van der Waals surface area contributed by atoms with Gasteiger partial charge in [0.25, 0.3) is 0 Å². The Morgan fingerprint density at radius 2 is 1.56 bits per heavy atom. The summed E-state index contributed by atoms with van der Waals surface area (Å²) in [5.74, 6) is 0.102. The normalized spacial score (nSPS) is 17.7. The minimum Gasteiger partial charge on any atom is -0.391 e. The van der Waals surface area contributed by atoms with Gasteiger partial charge in [0.15, 0.2) is 0 Å². The SMILES string of the molecule is O=C(CN(Cc1ccccc1)Cc1ccccc1)N1CCCC(O)C1. The molecule has 3 rings (SSSR count). The Hall–Kier alpha value is -2.17. The maximum absolute atomic E-state index is 12.7. The van der Waals surface area contributed by atoms with Gasteiger partial charge in [-0.3, -0.25) is 9.69 Å². The lowest BCUT2D eigenvalue weighted by atomic mass is 10.1. The standard InChI is InChI=1S/C21H26N2O2/c24-20-12-7-13-23(16-20)21(25)17-22(14-18-8-3-1-4-9-18)15-19-10-5-2-6-11-19/h1-6,8-11,20,24H,7,12-17H2. The van der Waals surface area contributed by atoms with Crippen LogP contribution in [0.4, 0.5) is 0 Å². The van der Waals surface area contributed by atoms with E-state index in [0.29, 0.717) is 13.1 Å². The van der Waals surface area contributed by atoms with E-state index in [2.05, 4.69) is 29.2 Å². The molecule has 0 saturated carbocycles. The van der Waals surface area contributed by atoms with E-state index in [1.165, 1.54) is 11.1 Å². The van der Waals surface area contributed by atoms with E-state index >= 15 is 0 Å². The van der Waals surface area contributed by atoms with Gasteiger partial charge in [-0.05, 0) is 24.0 Å². The van der Waals surface area contributed by atoms with Gasteiger partial charge in [-0.15, -0.1) is 0 Å². The fraction of sp³-hybridized carbons (Fsp3) is 0.381. The number of benzene rings is 2. The summed E-state index contributed by atoms with van der Waals surface area (Å²) in [4.78, 5) is 16.7. The molecule has 4 heteroatoms. The molecule has 1 N–H and O–H groups in total. The number of carbonyl (C=O) groups excluding carboxylic acids is 1. The van der Waals surface area contributed by atoms with Crippen molar-refractivity contribution in [3.05, 3.63) is 71.8 Å². The Labute approximate surface area is 149 Å². The van der Waals surface area contributed by atoms with Crippen LogP contribution in [0.3, 0.4) is 0 Å². The van der Waals surface area contributed by atoms with Crippen molar-refractivity contribution in [2.45, 2.75) is 32.0 Å². The van der Waals surface area contributed by atoms with Crippen LogP contribution in [0.25, 0.3) is 0 Å². The fourth-order valence-corrected chi connectivity index (χ4v) is 3.32. The van der Waals surface area contributed by atoms with Crippen LogP contribution < -0.4 is 0 Å². The molecule has 0 aliphatic carbocycles. The molecule has 0 aromatic heterocycles. The molecule has 25 heavy (non-hydrogen) atoms. The number of hydrogen-bond donors (Lipinski definition) is 1. The molecular weight excluding hydrogens is 312 g/mol. The van der Waals surface area contributed by atoms with Crippen LogP contribution in [0.15, 0.2) is 60.7 Å². The topological polar surface area (TPSA) is 43.8 Å². The highest BCUT2D eigenvalue weighted by molar-refractivity contribution is 5.78. The summed E-state index contributed by atoms with van der Waals surface area (Å²) in [6.45, 7) is 3.05. The minimum absolute atomic E-state index is 0.102. The Morgan fingerprint density at radius 3 is 2.08 bits per heavy atom. The van der Waals surface area contributed by atoms with Crippen molar-refractivity contribution in [1.29, 1.82) is 0 Å². The summed E-state index contributed by atoms with van der Waals surface area (Å²) in [5.41, 5.74) is 2.40. The quantitative estimate of drug-likeness (QED) is 0.881. The summed E-state index contributed by atoms with van der Waals surface area (Å²) >= 11 is 0. The van der Waals surface area contributed by atoms with Crippen LogP contribution in [-0.2, 0) is 17.9 Å². The molecule has 1 heterocycles. The number of carbonyl (C=O) groups is 1. The van der Waals surface area contributed by atoms with Crippen molar-refractivity contribution in [2.75, 3.05) is 19.6 Å². The average Bonchev–Trinajstić information content (AvgIpc) is 2.63. The van der Waals surface area contributed by atoms with Crippen LogP contribution in [0.1, 0.15) is 24.0 Å². The molecule has 0 spiro atoms. The molecule has 1 saturated heterocycles. The number of amides is 1. The van der Waals surface area contributed by atoms with E-state index in [-0.39, 0.29) is 12.0 Å². The number of aliphatic hydroxyl groups is 1. The predicted molar refractivity (Wildman–Crippen MR) is 98.8 cm³/mol. The zero-order valence-electron chi connectivity index (χ0n) is 14.6. The van der Waals surface area contributed by atoms with E-state index in [1.807, 2.05) is 36.4 Å². The molecule has 1 atom stereocenters. The zero-order chi connectivity index (χ0) is 17.5. The monoisotopic (exact) mass is 338 g/mol. The third-order valence-electron chi connectivity index (χ3n) is 4.61. The molecule has 1 aliphatic heterocycles. The Balaban J connectivity index is 1.67. The first-order chi connectivity index (χ1) is 12.2. The summed E-state index contributed by atoms with van der Waals surface area (Å²) in [6, 6.07) is 20.5. The Kier molecular flexibility index (Phi) is 6.20. The van der Waals surface area contributed by atoms with Gasteiger partial charge in [-0.2, -0.15) is 0 Å². The first kappa shape index (κ1) is 17.6. The number of nitrogens with zero attached hydrogens (tertiary/aromatic N) is 2. The maximum Gasteiger partial charge on any atom is 0.236 e. The summed E-state index contributed by atoms with van der Waals surface area (Å²) < 4.78 is 0. The lowest BCUT2D eigenvalue weighted by Gasteiger charge is -2.32. The highest BCUT2D eigenvalue weighted by atomic mass is 16.3. The van der Waals surface area contributed by atoms with Gasteiger partial charge in [0.1, 0.15) is 0 Å². The maximum atomic E-state index is 12.7. The lowest BCUT2D eigenvalue weighted by molar-refractivity contribution is -0.135. The van der Waals surface area contributed by atoms with E-state index in [9.17, 15) is 9.90 Å². The first-order valence-electron chi connectivity index (χ1n) is 8.97. The molecule has 0 radical (unpaired) electrons. The van der Waals surface area contributed by atoms with E-state index in [0.717, 1.165) is 32.5 Å². The van der Waals surface area contributed by atoms with Crippen molar-refractivity contribution in [2.24, 2.45) is 0 Å². The molecular formula is C21H26N2O2. The second-order valence-electron chi connectivity index (χ2n) is 6.75. The van der Waals surface area contributed by atoms with Crippen LogP contribution in [-0.4, -0.2) is 46.6 Å². The van der Waals surface area contributed by atoms with Gasteiger partial charge in [0.05, 0.1) is 12.6 Å². The number of aliphatic hydroxyl groups excluding tert-OH is 1. The summed E-state index contributed by atoms with van der Waals surface area (Å²) in [7, 11) is 0. The van der Waals surface area contributed by atoms with Gasteiger partial charge in [-0.1, -0.05) is 60.7 Å². The van der Waals surface area contributed by atoms with Crippen molar-refractivity contribution in [3.8, 4) is 0 Å². The molecule has 1 unspecified atom stereocenters. The molecule has 1 amide bonds. The minimum atomic E-state index is -0.380. The predicted octanol–water partition coefficient (Wildman–Crippen LogP) is 2.67. The largest absolute Gasteiger partial charge is 0.391 e. The van der Waals surface area contributed by atoms with Gasteiger partial charge in [-0.25, -0.2) is 0 Å². The Bertz CT molecular complexity index is 619. The smallest absolute Gasteiger partial charge is 0.236 e. The van der Waals surface area contributed by atoms with Crippen molar-refractivity contribution in [1.82, 2.24) is 9.80 Å². The third-order valence-corrected chi connectivity index (χ3v) is 4.61. The van der Waals surface area contributed by atoms with Crippen LogP contribution in [0.2, 0.25) is 0 Å². The summed E-state index contributed by atoms with van der Waals surface area (Å²) in [6.07, 6.45) is 1.29. The van der Waals surface area contributed by atoms with Crippen LogP contribution in [0.5, 0.6) is 0 Å². The van der Waals surface area contributed by atoms with Gasteiger partial charge >= 0.3 is 0 Å². The Morgan fingerprint density at radius 1 is 1.00 bits per heavy atom. The second-order valence-corrected chi connectivity index (χ2v) is 6.75. The molecule has 132 valence electrons.